The van der Waals surface area contributed by atoms with E-state index >= 15 is 0 Å². The minimum Gasteiger partial charge on any atom is -0.453 e. The lowest BCUT2D eigenvalue weighted by atomic mass is 10.2. The van der Waals surface area contributed by atoms with Gasteiger partial charge in [-0.25, -0.2) is 10.4 Å². The van der Waals surface area contributed by atoms with E-state index in [0.29, 0.717) is 4.67 Å². The van der Waals surface area contributed by atoms with Crippen LogP contribution in [0, 0.1) is 13.8 Å². The summed E-state index contributed by atoms with van der Waals surface area (Å²) < 4.78 is 6.20. The third-order valence-corrected chi connectivity index (χ3v) is 4.11. The Morgan fingerprint density at radius 3 is 2.76 bits per heavy atom. The van der Waals surface area contributed by atoms with Crippen molar-refractivity contribution in [2.24, 2.45) is 5.84 Å². The first-order valence-electron chi connectivity index (χ1n) is 5.24. The smallest absolute Gasteiger partial charge is 0.169 e. The zero-order valence-electron chi connectivity index (χ0n) is 9.66. The Labute approximate surface area is 112 Å². The van der Waals surface area contributed by atoms with Gasteiger partial charge in [0.25, 0.3) is 0 Å². The summed E-state index contributed by atoms with van der Waals surface area (Å²) in [6.07, 6.45) is 0.732. The first kappa shape index (κ1) is 12.8. The second kappa shape index (κ2) is 5.30. The van der Waals surface area contributed by atoms with Gasteiger partial charge < -0.3 is 4.42 Å². The van der Waals surface area contributed by atoms with Gasteiger partial charge in [-0.2, -0.15) is 0 Å². The SMILES string of the molecule is Cc1nc(CC(NN)c2ccc(Br)o2)sc1C. The Hall–Kier alpha value is -0.690. The number of hydrazine groups is 1. The fourth-order valence-corrected chi connectivity index (χ4v) is 2.86. The van der Waals surface area contributed by atoms with E-state index in [9.17, 15) is 0 Å². The van der Waals surface area contributed by atoms with E-state index in [1.165, 1.54) is 4.88 Å². The summed E-state index contributed by atoms with van der Waals surface area (Å²) in [4.78, 5) is 5.75. The normalized spacial score (nSPS) is 12.9. The zero-order valence-corrected chi connectivity index (χ0v) is 12.1. The second-order valence-electron chi connectivity index (χ2n) is 3.81. The lowest BCUT2D eigenvalue weighted by Gasteiger charge is -2.11. The van der Waals surface area contributed by atoms with Gasteiger partial charge in [0.05, 0.1) is 16.7 Å². The number of nitrogens with zero attached hydrogens (tertiary/aromatic N) is 1. The highest BCUT2D eigenvalue weighted by Gasteiger charge is 2.17. The molecule has 0 aliphatic rings. The van der Waals surface area contributed by atoms with Crippen molar-refractivity contribution in [3.63, 3.8) is 0 Å². The van der Waals surface area contributed by atoms with Crippen molar-refractivity contribution in [3.8, 4) is 0 Å². The summed E-state index contributed by atoms with van der Waals surface area (Å²) in [5.74, 6) is 6.37. The number of hydrogen-bond acceptors (Lipinski definition) is 5. The van der Waals surface area contributed by atoms with Crippen molar-refractivity contribution >= 4 is 27.3 Å². The number of aromatic nitrogens is 1. The number of halogens is 1. The minimum atomic E-state index is -0.0498. The van der Waals surface area contributed by atoms with Crippen molar-refractivity contribution in [3.05, 3.63) is 38.1 Å². The molecule has 0 bridgehead atoms. The maximum Gasteiger partial charge on any atom is 0.169 e. The Balaban J connectivity index is 2.15. The van der Waals surface area contributed by atoms with Gasteiger partial charge in [-0.05, 0) is 41.9 Å². The number of nitrogens with two attached hydrogens (primary N) is 1. The van der Waals surface area contributed by atoms with Crippen molar-refractivity contribution in [1.82, 2.24) is 10.4 Å². The van der Waals surface area contributed by atoms with Crippen LogP contribution < -0.4 is 11.3 Å². The lowest BCUT2D eigenvalue weighted by molar-refractivity contribution is 0.404. The summed E-state index contributed by atoms with van der Waals surface area (Å²) in [5, 5.41) is 1.07. The van der Waals surface area contributed by atoms with Crippen LogP contribution in [0.3, 0.4) is 0 Å². The topological polar surface area (TPSA) is 64.1 Å². The van der Waals surface area contributed by atoms with Crippen molar-refractivity contribution in [1.29, 1.82) is 0 Å². The fraction of sp³-hybridized carbons (Fsp3) is 0.364. The van der Waals surface area contributed by atoms with E-state index in [1.54, 1.807) is 11.3 Å². The van der Waals surface area contributed by atoms with Crippen molar-refractivity contribution in [2.45, 2.75) is 26.3 Å². The molecule has 2 rings (SSSR count). The van der Waals surface area contributed by atoms with Crippen LogP contribution in [0.5, 0.6) is 0 Å². The maximum absolute atomic E-state index is 5.56. The average Bonchev–Trinajstić information content (AvgIpc) is 2.83. The first-order valence-corrected chi connectivity index (χ1v) is 6.85. The summed E-state index contributed by atoms with van der Waals surface area (Å²) in [6, 6.07) is 3.71. The van der Waals surface area contributed by atoms with E-state index in [0.717, 1.165) is 22.9 Å². The molecular weight excluding hydrogens is 302 g/mol. The highest BCUT2D eigenvalue weighted by atomic mass is 79.9. The van der Waals surface area contributed by atoms with Gasteiger partial charge in [0.1, 0.15) is 5.76 Å². The van der Waals surface area contributed by atoms with E-state index < -0.39 is 0 Å². The molecule has 1 atom stereocenters. The van der Waals surface area contributed by atoms with Gasteiger partial charge in [0, 0.05) is 11.3 Å². The molecule has 0 saturated carbocycles. The molecular formula is C11H14BrN3OS. The van der Waals surface area contributed by atoms with Crippen LogP contribution in [0.25, 0.3) is 0 Å². The maximum atomic E-state index is 5.56. The molecule has 0 fully saturated rings. The molecule has 0 aliphatic carbocycles. The quantitative estimate of drug-likeness (QED) is 0.672. The summed E-state index contributed by atoms with van der Waals surface area (Å²) in [7, 11) is 0. The molecule has 0 aromatic carbocycles. The van der Waals surface area contributed by atoms with E-state index in [2.05, 4.69) is 33.3 Å². The molecule has 4 nitrogen and oxygen atoms in total. The molecule has 3 N–H and O–H groups in total. The average molecular weight is 316 g/mol. The van der Waals surface area contributed by atoms with Crippen LogP contribution in [-0.2, 0) is 6.42 Å². The van der Waals surface area contributed by atoms with Crippen molar-refractivity contribution < 1.29 is 4.42 Å². The number of furan rings is 1. The second-order valence-corrected chi connectivity index (χ2v) is 5.88. The molecule has 2 aromatic rings. The van der Waals surface area contributed by atoms with Crippen LogP contribution >= 0.6 is 27.3 Å². The van der Waals surface area contributed by atoms with Gasteiger partial charge in [0.2, 0.25) is 0 Å². The molecule has 2 aromatic heterocycles. The molecule has 0 aliphatic heterocycles. The standard InChI is InChI=1S/C11H14BrN3OS/c1-6-7(2)17-11(14-6)5-8(15-13)9-3-4-10(12)16-9/h3-4,8,15H,5,13H2,1-2H3. The molecule has 2 heterocycles. The van der Waals surface area contributed by atoms with Gasteiger partial charge in [0.15, 0.2) is 4.67 Å². The van der Waals surface area contributed by atoms with Gasteiger partial charge in [-0.15, -0.1) is 11.3 Å². The summed E-state index contributed by atoms with van der Waals surface area (Å²) in [6.45, 7) is 4.09. The Morgan fingerprint density at radius 2 is 2.29 bits per heavy atom. The van der Waals surface area contributed by atoms with E-state index in [4.69, 9.17) is 10.3 Å². The van der Waals surface area contributed by atoms with Gasteiger partial charge in [-0.1, -0.05) is 0 Å². The monoisotopic (exact) mass is 315 g/mol. The van der Waals surface area contributed by atoms with Crippen LogP contribution in [0.15, 0.2) is 21.2 Å². The molecule has 0 spiro atoms. The number of aryl methyl sites for hydroxylation is 2. The third-order valence-electron chi connectivity index (χ3n) is 2.59. The number of thiazole rings is 1. The lowest BCUT2D eigenvalue weighted by Crippen LogP contribution is -2.29. The first-order chi connectivity index (χ1) is 8.10. The summed E-state index contributed by atoms with van der Waals surface area (Å²) in [5.41, 5.74) is 3.85. The Morgan fingerprint density at radius 1 is 1.53 bits per heavy atom. The fourth-order valence-electron chi connectivity index (χ4n) is 1.56. The molecule has 17 heavy (non-hydrogen) atoms. The van der Waals surface area contributed by atoms with Crippen LogP contribution in [0.2, 0.25) is 0 Å². The van der Waals surface area contributed by atoms with Gasteiger partial charge in [-0.3, -0.25) is 5.84 Å². The van der Waals surface area contributed by atoms with Crippen LogP contribution in [0.4, 0.5) is 0 Å². The number of rotatable bonds is 4. The highest BCUT2D eigenvalue weighted by Crippen LogP contribution is 2.25. The number of nitrogens with one attached hydrogen (secondary N) is 1. The molecule has 92 valence electrons. The summed E-state index contributed by atoms with van der Waals surface area (Å²) >= 11 is 4.98. The highest BCUT2D eigenvalue weighted by molar-refractivity contribution is 9.10. The number of hydrogen-bond donors (Lipinski definition) is 2. The van der Waals surface area contributed by atoms with Crippen LogP contribution in [0.1, 0.15) is 27.4 Å². The molecule has 1 unspecified atom stereocenters. The van der Waals surface area contributed by atoms with Gasteiger partial charge >= 0.3 is 0 Å². The zero-order chi connectivity index (χ0) is 12.4. The minimum absolute atomic E-state index is 0.0498. The molecule has 0 saturated heterocycles. The van der Waals surface area contributed by atoms with E-state index in [1.807, 2.05) is 19.1 Å². The largest absolute Gasteiger partial charge is 0.453 e. The Bertz CT molecular complexity index is 489. The molecule has 6 heteroatoms. The van der Waals surface area contributed by atoms with Crippen LogP contribution in [-0.4, -0.2) is 4.98 Å². The van der Waals surface area contributed by atoms with Crippen molar-refractivity contribution in [2.75, 3.05) is 0 Å². The Kier molecular flexibility index (Phi) is 3.98. The molecule has 0 amide bonds. The molecule has 0 radical (unpaired) electrons. The predicted molar refractivity (Wildman–Crippen MR) is 71.8 cm³/mol. The van der Waals surface area contributed by atoms with E-state index in [-0.39, 0.29) is 6.04 Å². The third kappa shape index (κ3) is 2.95. The predicted octanol–water partition coefficient (Wildman–Crippen LogP) is 2.86.